The molecule has 2 heterocycles. The van der Waals surface area contributed by atoms with Gasteiger partial charge in [0.25, 0.3) is 0 Å². The Hall–Kier alpha value is -0.640. The molecule has 5 nitrogen and oxygen atoms in total. The summed E-state index contributed by atoms with van der Waals surface area (Å²) < 4.78 is 8.59. The number of halogens is 1. The van der Waals surface area contributed by atoms with Crippen molar-refractivity contribution in [2.45, 2.75) is 25.9 Å². The fourth-order valence-electron chi connectivity index (χ4n) is 2.02. The molecular weight excluding hydrogens is 375 g/mol. The minimum atomic E-state index is -0.108. The van der Waals surface area contributed by atoms with Crippen molar-refractivity contribution in [3.8, 4) is 5.75 Å². The second kappa shape index (κ2) is 6.69. The minimum Gasteiger partial charge on any atom is -0.493 e. The monoisotopic (exact) mass is 392 g/mol. The van der Waals surface area contributed by atoms with Gasteiger partial charge in [0.05, 0.1) is 22.2 Å². The van der Waals surface area contributed by atoms with Crippen LogP contribution in [0.25, 0.3) is 0 Å². The van der Waals surface area contributed by atoms with Crippen LogP contribution in [0.4, 0.5) is 0 Å². The Morgan fingerprint density at radius 1 is 1.63 bits per heavy atom. The smallest absolute Gasteiger partial charge is 0.161 e. The molecule has 0 bridgehead atoms. The van der Waals surface area contributed by atoms with Gasteiger partial charge >= 0.3 is 0 Å². The summed E-state index contributed by atoms with van der Waals surface area (Å²) in [5.74, 6) is 6.51. The number of methoxy groups -OCH3 is 1. The van der Waals surface area contributed by atoms with E-state index < -0.39 is 0 Å². The topological polar surface area (TPSA) is 65.1 Å². The number of hydrogen-bond acceptors (Lipinski definition) is 5. The average molecular weight is 392 g/mol. The molecule has 1 unspecified atom stereocenters. The van der Waals surface area contributed by atoms with Crippen LogP contribution in [0, 0.1) is 2.88 Å². The van der Waals surface area contributed by atoms with Crippen LogP contribution in [-0.2, 0) is 6.54 Å². The van der Waals surface area contributed by atoms with Gasteiger partial charge in [-0.1, -0.05) is 6.92 Å². The summed E-state index contributed by atoms with van der Waals surface area (Å²) in [5.41, 5.74) is 4.98. The van der Waals surface area contributed by atoms with E-state index in [-0.39, 0.29) is 6.04 Å². The van der Waals surface area contributed by atoms with E-state index in [4.69, 9.17) is 10.6 Å². The summed E-state index contributed by atoms with van der Waals surface area (Å²) >= 11 is 4.01. The molecule has 104 valence electrons. The number of rotatable bonds is 6. The number of hydrazine groups is 1. The number of ether oxygens (including phenoxy) is 1. The second-order valence-electron chi connectivity index (χ2n) is 4.11. The zero-order valence-corrected chi connectivity index (χ0v) is 13.9. The molecule has 19 heavy (non-hydrogen) atoms. The molecule has 0 amide bonds. The third-order valence-electron chi connectivity index (χ3n) is 2.86. The van der Waals surface area contributed by atoms with Crippen molar-refractivity contribution in [3.63, 3.8) is 0 Å². The van der Waals surface area contributed by atoms with E-state index in [2.05, 4.69) is 51.5 Å². The van der Waals surface area contributed by atoms with Gasteiger partial charge < -0.3 is 4.74 Å². The van der Waals surface area contributed by atoms with Crippen LogP contribution in [0.15, 0.2) is 17.6 Å². The van der Waals surface area contributed by atoms with E-state index in [1.807, 2.05) is 4.68 Å². The van der Waals surface area contributed by atoms with E-state index >= 15 is 0 Å². The summed E-state index contributed by atoms with van der Waals surface area (Å²) in [6, 6.07) is 2.02. The van der Waals surface area contributed by atoms with E-state index in [1.165, 1.54) is 2.88 Å². The molecule has 2 rings (SSSR count). The van der Waals surface area contributed by atoms with Gasteiger partial charge in [0.2, 0.25) is 0 Å². The predicted molar refractivity (Wildman–Crippen MR) is 85.3 cm³/mol. The number of aryl methyl sites for hydroxylation is 1. The largest absolute Gasteiger partial charge is 0.493 e. The standard InChI is InChI=1S/C12H17IN4OS/c1-3-4-17-12(9(18-2)6-15-17)11(16-14)8-5-10(13)19-7-8/h5-7,11,16H,3-4,14H2,1-2H3. The van der Waals surface area contributed by atoms with Crippen LogP contribution < -0.4 is 16.0 Å². The van der Waals surface area contributed by atoms with Gasteiger partial charge in [-0.15, -0.1) is 11.3 Å². The zero-order valence-electron chi connectivity index (χ0n) is 10.9. The lowest BCUT2D eigenvalue weighted by atomic mass is 10.1. The van der Waals surface area contributed by atoms with Gasteiger partial charge in [-0.2, -0.15) is 5.10 Å². The lowest BCUT2D eigenvalue weighted by Gasteiger charge is -2.18. The molecule has 0 aliphatic heterocycles. The number of nitrogens with zero attached hydrogens (tertiary/aromatic N) is 2. The van der Waals surface area contributed by atoms with Crippen molar-refractivity contribution in [2.24, 2.45) is 5.84 Å². The van der Waals surface area contributed by atoms with Crippen molar-refractivity contribution >= 4 is 33.9 Å². The molecule has 0 aromatic carbocycles. The van der Waals surface area contributed by atoms with Crippen molar-refractivity contribution in [3.05, 3.63) is 31.8 Å². The van der Waals surface area contributed by atoms with Gasteiger partial charge in [-0.3, -0.25) is 10.5 Å². The third-order valence-corrected chi connectivity index (χ3v) is 4.67. The zero-order chi connectivity index (χ0) is 13.8. The van der Waals surface area contributed by atoms with Crippen molar-refractivity contribution in [1.82, 2.24) is 15.2 Å². The highest BCUT2D eigenvalue weighted by molar-refractivity contribution is 14.1. The fourth-order valence-corrected chi connectivity index (χ4v) is 3.42. The number of nitrogens with two attached hydrogens (primary N) is 1. The van der Waals surface area contributed by atoms with Crippen molar-refractivity contribution in [1.29, 1.82) is 0 Å². The Morgan fingerprint density at radius 2 is 2.42 bits per heavy atom. The first-order chi connectivity index (χ1) is 9.21. The maximum absolute atomic E-state index is 5.75. The van der Waals surface area contributed by atoms with Crippen LogP contribution in [0.3, 0.4) is 0 Å². The van der Waals surface area contributed by atoms with Gasteiger partial charge in [0.1, 0.15) is 5.69 Å². The van der Waals surface area contributed by atoms with E-state index in [0.717, 1.165) is 30.0 Å². The predicted octanol–water partition coefficient (Wildman–Crippen LogP) is 2.52. The van der Waals surface area contributed by atoms with Gasteiger partial charge in [0, 0.05) is 6.54 Å². The van der Waals surface area contributed by atoms with Crippen molar-refractivity contribution in [2.75, 3.05) is 7.11 Å². The quantitative estimate of drug-likeness (QED) is 0.451. The molecule has 2 aromatic rings. The van der Waals surface area contributed by atoms with Crippen LogP contribution >= 0.6 is 33.9 Å². The lowest BCUT2D eigenvalue weighted by molar-refractivity contribution is 0.398. The number of thiophene rings is 1. The van der Waals surface area contributed by atoms with Crippen LogP contribution in [0.2, 0.25) is 0 Å². The summed E-state index contributed by atoms with van der Waals surface area (Å²) in [6.45, 7) is 2.97. The Morgan fingerprint density at radius 3 is 2.95 bits per heavy atom. The summed E-state index contributed by atoms with van der Waals surface area (Å²) in [5, 5.41) is 6.48. The molecule has 0 aliphatic carbocycles. The Kier molecular flexibility index (Phi) is 5.20. The molecule has 0 saturated carbocycles. The second-order valence-corrected chi connectivity index (χ2v) is 6.91. The molecule has 2 aromatic heterocycles. The van der Waals surface area contributed by atoms with Gasteiger partial charge in [-0.05, 0) is 46.0 Å². The van der Waals surface area contributed by atoms with Crippen LogP contribution in [-0.4, -0.2) is 16.9 Å². The van der Waals surface area contributed by atoms with Gasteiger partial charge in [-0.25, -0.2) is 5.43 Å². The summed E-state index contributed by atoms with van der Waals surface area (Å²) in [7, 11) is 1.65. The summed E-state index contributed by atoms with van der Waals surface area (Å²) in [4.78, 5) is 0. The fraction of sp³-hybridized carbons (Fsp3) is 0.417. The highest BCUT2D eigenvalue weighted by atomic mass is 127. The average Bonchev–Trinajstić information content (AvgIpc) is 2.99. The van der Waals surface area contributed by atoms with E-state index in [0.29, 0.717) is 0 Å². The van der Waals surface area contributed by atoms with Gasteiger partial charge in [0.15, 0.2) is 5.75 Å². The Labute approximate surface area is 130 Å². The molecule has 3 N–H and O–H groups in total. The number of aromatic nitrogens is 2. The first-order valence-corrected chi connectivity index (χ1v) is 7.96. The normalized spacial score (nSPS) is 12.6. The SMILES string of the molecule is CCCn1ncc(OC)c1C(NN)c1csc(I)c1. The number of nitrogens with one attached hydrogen (secondary N) is 1. The Bertz CT molecular complexity index is 540. The molecule has 0 spiro atoms. The molecule has 7 heteroatoms. The number of hydrogen-bond donors (Lipinski definition) is 2. The van der Waals surface area contributed by atoms with E-state index in [9.17, 15) is 0 Å². The third kappa shape index (κ3) is 3.10. The maximum atomic E-state index is 5.75. The molecule has 0 fully saturated rings. The molecule has 0 saturated heterocycles. The minimum absolute atomic E-state index is 0.108. The van der Waals surface area contributed by atoms with Crippen LogP contribution in [0.5, 0.6) is 5.75 Å². The molecule has 0 aliphatic rings. The maximum Gasteiger partial charge on any atom is 0.161 e. The van der Waals surface area contributed by atoms with E-state index in [1.54, 1.807) is 24.6 Å². The van der Waals surface area contributed by atoms with Crippen molar-refractivity contribution < 1.29 is 4.74 Å². The molecule has 0 radical (unpaired) electrons. The van der Waals surface area contributed by atoms with Crippen LogP contribution in [0.1, 0.15) is 30.6 Å². The summed E-state index contributed by atoms with van der Waals surface area (Å²) in [6.07, 6.45) is 2.75. The lowest BCUT2D eigenvalue weighted by Crippen LogP contribution is -2.30. The first kappa shape index (κ1) is 14.8. The Balaban J connectivity index is 2.44. The molecule has 1 atom stereocenters. The highest BCUT2D eigenvalue weighted by Crippen LogP contribution is 2.32. The molecular formula is C12H17IN4OS. The highest BCUT2D eigenvalue weighted by Gasteiger charge is 2.23. The first-order valence-electron chi connectivity index (χ1n) is 6.01.